The zero-order valence-corrected chi connectivity index (χ0v) is 13.1. The Morgan fingerprint density at radius 3 is 2.57 bits per heavy atom. The molecule has 2 heterocycles. The highest BCUT2D eigenvalue weighted by Crippen LogP contribution is 2.26. The van der Waals surface area contributed by atoms with Crippen molar-refractivity contribution in [3.8, 4) is 0 Å². The highest BCUT2D eigenvalue weighted by atomic mass is 16.5. The largest absolute Gasteiger partial charge is 0.465 e. The minimum atomic E-state index is -0.396. The van der Waals surface area contributed by atoms with Gasteiger partial charge < -0.3 is 14.4 Å². The summed E-state index contributed by atoms with van der Waals surface area (Å²) in [6, 6.07) is 5.38. The first-order chi connectivity index (χ1) is 11.1. The minimum absolute atomic E-state index is 0.171. The van der Waals surface area contributed by atoms with Crippen LogP contribution in [0.2, 0.25) is 0 Å². The van der Waals surface area contributed by atoms with Crippen LogP contribution in [0.25, 0.3) is 11.0 Å². The molecule has 1 aliphatic rings. The Hall–Kier alpha value is -2.64. The van der Waals surface area contributed by atoms with Gasteiger partial charge in [-0.05, 0) is 31.0 Å². The molecule has 1 saturated heterocycles. The fourth-order valence-electron chi connectivity index (χ4n) is 2.88. The zero-order chi connectivity index (χ0) is 16.4. The Bertz CT molecular complexity index is 734. The second-order valence-corrected chi connectivity index (χ2v) is 5.42. The summed E-state index contributed by atoms with van der Waals surface area (Å²) in [5.41, 5.74) is 1.98. The van der Waals surface area contributed by atoms with Crippen molar-refractivity contribution in [3.63, 3.8) is 0 Å². The van der Waals surface area contributed by atoms with E-state index in [-0.39, 0.29) is 12.1 Å². The number of hydrogen-bond donors (Lipinski definition) is 0. The third-order valence-corrected chi connectivity index (χ3v) is 4.14. The van der Waals surface area contributed by atoms with E-state index in [1.54, 1.807) is 17.0 Å². The summed E-state index contributed by atoms with van der Waals surface area (Å²) < 4.78 is 11.3. The fourth-order valence-corrected chi connectivity index (χ4v) is 2.88. The zero-order valence-electron chi connectivity index (χ0n) is 13.1. The van der Waals surface area contributed by atoms with Crippen molar-refractivity contribution < 1.29 is 19.1 Å². The van der Waals surface area contributed by atoms with Gasteiger partial charge in [-0.25, -0.2) is 14.3 Å². The Morgan fingerprint density at radius 2 is 1.91 bits per heavy atom. The lowest BCUT2D eigenvalue weighted by molar-refractivity contribution is 0.0601. The average Bonchev–Trinajstić information content (AvgIpc) is 3.03. The molecule has 0 aliphatic carbocycles. The van der Waals surface area contributed by atoms with E-state index in [2.05, 4.69) is 10.3 Å². The van der Waals surface area contributed by atoms with Gasteiger partial charge in [-0.1, -0.05) is 5.21 Å². The number of fused-ring (bicyclic) bond motifs is 1. The summed E-state index contributed by atoms with van der Waals surface area (Å²) >= 11 is 0. The van der Waals surface area contributed by atoms with Gasteiger partial charge in [0, 0.05) is 13.1 Å². The van der Waals surface area contributed by atoms with Gasteiger partial charge in [0.15, 0.2) is 0 Å². The molecule has 1 aliphatic heterocycles. The maximum atomic E-state index is 11.6. The van der Waals surface area contributed by atoms with Crippen molar-refractivity contribution in [1.29, 1.82) is 0 Å². The molecule has 3 rings (SSSR count). The molecule has 8 heteroatoms. The Kier molecular flexibility index (Phi) is 4.14. The van der Waals surface area contributed by atoms with E-state index in [0.29, 0.717) is 24.2 Å². The molecule has 2 aromatic rings. The van der Waals surface area contributed by atoms with Gasteiger partial charge in [-0.3, -0.25) is 0 Å². The lowest BCUT2D eigenvalue weighted by atomic mass is 10.1. The van der Waals surface area contributed by atoms with Crippen LogP contribution >= 0.6 is 0 Å². The fraction of sp³-hybridized carbons (Fsp3) is 0.467. The molecule has 0 bridgehead atoms. The summed E-state index contributed by atoms with van der Waals surface area (Å²) in [7, 11) is 2.73. The molecule has 23 heavy (non-hydrogen) atoms. The number of carbonyl (C=O) groups excluding carboxylic acids is 2. The van der Waals surface area contributed by atoms with Crippen molar-refractivity contribution in [2.75, 3.05) is 27.3 Å². The van der Waals surface area contributed by atoms with Gasteiger partial charge in [0.05, 0.1) is 31.3 Å². The van der Waals surface area contributed by atoms with Crippen molar-refractivity contribution in [2.24, 2.45) is 0 Å². The number of likely N-dealkylation sites (tertiary alicyclic amines) is 1. The summed E-state index contributed by atoms with van der Waals surface area (Å²) in [5.74, 6) is -0.396. The maximum absolute atomic E-state index is 11.6. The number of methoxy groups -OCH3 is 2. The summed E-state index contributed by atoms with van der Waals surface area (Å²) in [6.07, 6.45) is 1.27. The van der Waals surface area contributed by atoms with E-state index in [1.165, 1.54) is 14.2 Å². The van der Waals surface area contributed by atoms with E-state index in [0.717, 1.165) is 18.4 Å². The van der Waals surface area contributed by atoms with E-state index in [9.17, 15) is 9.59 Å². The number of ether oxygens (including phenoxy) is 2. The highest BCUT2D eigenvalue weighted by molar-refractivity contribution is 5.93. The van der Waals surface area contributed by atoms with Crippen LogP contribution in [-0.4, -0.2) is 59.3 Å². The van der Waals surface area contributed by atoms with Crippen LogP contribution in [0.3, 0.4) is 0 Å². The second-order valence-electron chi connectivity index (χ2n) is 5.42. The van der Waals surface area contributed by atoms with Crippen LogP contribution in [0.1, 0.15) is 29.2 Å². The van der Waals surface area contributed by atoms with Crippen LogP contribution in [0.4, 0.5) is 4.79 Å². The van der Waals surface area contributed by atoms with Crippen molar-refractivity contribution >= 4 is 23.1 Å². The molecular formula is C15H18N4O4. The first-order valence-corrected chi connectivity index (χ1v) is 7.40. The topological polar surface area (TPSA) is 86.5 Å². The molecule has 0 N–H and O–H groups in total. The maximum Gasteiger partial charge on any atom is 0.409 e. The number of amides is 1. The van der Waals surface area contributed by atoms with Gasteiger partial charge in [0.25, 0.3) is 0 Å². The van der Waals surface area contributed by atoms with Gasteiger partial charge >= 0.3 is 12.1 Å². The van der Waals surface area contributed by atoms with Gasteiger partial charge in [0.2, 0.25) is 0 Å². The molecule has 0 unspecified atom stereocenters. The Morgan fingerprint density at radius 1 is 1.17 bits per heavy atom. The third-order valence-electron chi connectivity index (χ3n) is 4.14. The number of carbonyl (C=O) groups is 2. The number of rotatable bonds is 2. The Labute approximate surface area is 132 Å². The molecule has 0 atom stereocenters. The monoisotopic (exact) mass is 318 g/mol. The molecule has 0 saturated carbocycles. The number of piperidine rings is 1. The average molecular weight is 318 g/mol. The smallest absolute Gasteiger partial charge is 0.409 e. The second kappa shape index (κ2) is 6.23. The summed E-state index contributed by atoms with van der Waals surface area (Å²) in [5, 5.41) is 8.36. The van der Waals surface area contributed by atoms with Gasteiger partial charge in [0.1, 0.15) is 5.52 Å². The third kappa shape index (κ3) is 2.84. The number of hydrogen-bond acceptors (Lipinski definition) is 6. The first-order valence-electron chi connectivity index (χ1n) is 7.40. The molecule has 1 aromatic carbocycles. The van der Waals surface area contributed by atoms with Crippen LogP contribution < -0.4 is 0 Å². The van der Waals surface area contributed by atoms with Crippen LogP contribution in [-0.2, 0) is 9.47 Å². The first kappa shape index (κ1) is 15.3. The number of nitrogens with zero attached hydrogens (tertiary/aromatic N) is 4. The van der Waals surface area contributed by atoms with E-state index in [1.807, 2.05) is 10.7 Å². The van der Waals surface area contributed by atoms with Crippen LogP contribution in [0, 0.1) is 0 Å². The minimum Gasteiger partial charge on any atom is -0.465 e. The van der Waals surface area contributed by atoms with Crippen molar-refractivity contribution in [1.82, 2.24) is 19.9 Å². The number of benzene rings is 1. The molecule has 8 nitrogen and oxygen atoms in total. The molecule has 1 aromatic heterocycles. The number of aromatic nitrogens is 3. The predicted octanol–water partition coefficient (Wildman–Crippen LogP) is 1.62. The lowest BCUT2D eigenvalue weighted by Gasteiger charge is -2.30. The highest BCUT2D eigenvalue weighted by Gasteiger charge is 2.26. The summed E-state index contributed by atoms with van der Waals surface area (Å²) in [6.45, 7) is 1.25. The van der Waals surface area contributed by atoms with Crippen molar-refractivity contribution in [3.05, 3.63) is 23.8 Å². The van der Waals surface area contributed by atoms with Crippen LogP contribution in [0.15, 0.2) is 18.2 Å². The van der Waals surface area contributed by atoms with E-state index >= 15 is 0 Å². The SMILES string of the molecule is COC(=O)c1ccc2c(c1)nnn2C1CCN(C(=O)OC)CC1. The lowest BCUT2D eigenvalue weighted by Crippen LogP contribution is -2.39. The molecule has 0 spiro atoms. The molecule has 1 amide bonds. The van der Waals surface area contributed by atoms with Gasteiger partial charge in [-0.15, -0.1) is 5.10 Å². The molecule has 122 valence electrons. The van der Waals surface area contributed by atoms with Gasteiger partial charge in [-0.2, -0.15) is 0 Å². The predicted molar refractivity (Wildman–Crippen MR) is 81.1 cm³/mol. The molecule has 1 fully saturated rings. The van der Waals surface area contributed by atoms with Crippen LogP contribution in [0.5, 0.6) is 0 Å². The number of esters is 1. The van der Waals surface area contributed by atoms with Crippen molar-refractivity contribution in [2.45, 2.75) is 18.9 Å². The summed E-state index contributed by atoms with van der Waals surface area (Å²) in [4.78, 5) is 24.8. The normalized spacial score (nSPS) is 15.7. The Balaban J connectivity index is 1.79. The van der Waals surface area contributed by atoms with E-state index in [4.69, 9.17) is 9.47 Å². The molecular weight excluding hydrogens is 300 g/mol. The van der Waals surface area contributed by atoms with E-state index < -0.39 is 5.97 Å². The standard InChI is InChI=1S/C15H18N4O4/c1-22-14(20)10-3-4-13-12(9-10)16-17-19(13)11-5-7-18(8-6-11)15(21)23-2/h3-4,9,11H,5-8H2,1-2H3. The molecule has 0 radical (unpaired) electrons. The quantitative estimate of drug-likeness (QED) is 0.782.